The number of ether oxygens (including phenoxy) is 2. The summed E-state index contributed by atoms with van der Waals surface area (Å²) in [6.45, 7) is 2.06. The number of nitrogens with zero attached hydrogens (tertiary/aromatic N) is 1. The van der Waals surface area contributed by atoms with Gasteiger partial charge in [0.15, 0.2) is 11.5 Å². The molecule has 1 heterocycles. The number of para-hydroxylation sites is 2. The van der Waals surface area contributed by atoms with E-state index in [2.05, 4.69) is 11.0 Å². The lowest BCUT2D eigenvalue weighted by Gasteiger charge is -2.39. The van der Waals surface area contributed by atoms with Crippen LogP contribution in [0, 0.1) is 0 Å². The van der Waals surface area contributed by atoms with Crippen LogP contribution in [0.4, 0.5) is 0 Å². The minimum Gasteiger partial charge on any atom is -0.493 e. The summed E-state index contributed by atoms with van der Waals surface area (Å²) in [5, 5.41) is 20.7. The molecule has 4 rings (SSSR count). The van der Waals surface area contributed by atoms with E-state index in [-0.39, 0.29) is 5.56 Å². The third kappa shape index (κ3) is 4.77. The highest BCUT2D eigenvalue weighted by atomic mass is 16.5. The Bertz CT molecular complexity index is 1090. The number of rotatable bonds is 7. The second-order valence-corrected chi connectivity index (χ2v) is 8.06. The Labute approximate surface area is 187 Å². The summed E-state index contributed by atoms with van der Waals surface area (Å²) >= 11 is 0. The van der Waals surface area contributed by atoms with Gasteiger partial charge in [0.1, 0.15) is 5.75 Å². The van der Waals surface area contributed by atoms with Gasteiger partial charge in [0.25, 0.3) is 0 Å². The van der Waals surface area contributed by atoms with Gasteiger partial charge >= 0.3 is 5.97 Å². The van der Waals surface area contributed by atoms with Crippen LogP contribution in [0.25, 0.3) is 0 Å². The molecule has 0 unspecified atom stereocenters. The fourth-order valence-corrected chi connectivity index (χ4v) is 4.22. The average Bonchev–Trinajstić information content (AvgIpc) is 2.81. The Balaban J connectivity index is 1.42. The quantitative estimate of drug-likeness (QED) is 0.564. The third-order valence-corrected chi connectivity index (χ3v) is 5.94. The van der Waals surface area contributed by atoms with Gasteiger partial charge in [-0.2, -0.15) is 0 Å². The Morgan fingerprint density at radius 1 is 0.969 bits per heavy atom. The maximum absolute atomic E-state index is 11.6. The Hall–Kier alpha value is -3.35. The second kappa shape index (κ2) is 9.42. The van der Waals surface area contributed by atoms with Crippen LogP contribution >= 0.6 is 0 Å². The van der Waals surface area contributed by atoms with Gasteiger partial charge < -0.3 is 19.7 Å². The number of carbonyl (C=O) groups is 1. The fourth-order valence-electron chi connectivity index (χ4n) is 4.22. The number of piperidine rings is 1. The molecule has 0 atom stereocenters. The lowest BCUT2D eigenvalue weighted by molar-refractivity contribution is -0.0286. The van der Waals surface area contributed by atoms with Crippen LogP contribution in [0.5, 0.6) is 17.2 Å². The summed E-state index contributed by atoms with van der Waals surface area (Å²) < 4.78 is 11.4. The lowest BCUT2D eigenvalue weighted by Crippen LogP contribution is -2.42. The molecule has 1 fully saturated rings. The molecule has 0 amide bonds. The molecule has 6 nitrogen and oxygen atoms in total. The van der Waals surface area contributed by atoms with Gasteiger partial charge in [0.05, 0.1) is 18.3 Å². The number of hydrogen-bond donors (Lipinski definition) is 2. The van der Waals surface area contributed by atoms with Gasteiger partial charge in [-0.25, -0.2) is 4.79 Å². The number of benzene rings is 3. The first-order valence-electron chi connectivity index (χ1n) is 10.7. The molecule has 0 aliphatic carbocycles. The maximum Gasteiger partial charge on any atom is 0.336 e. The lowest BCUT2D eigenvalue weighted by atomic mass is 9.82. The fraction of sp³-hybridized carbons (Fsp3) is 0.269. The summed E-state index contributed by atoms with van der Waals surface area (Å²) in [4.78, 5) is 13.8. The number of aliphatic hydroxyl groups is 1. The van der Waals surface area contributed by atoms with Crippen molar-refractivity contribution in [2.45, 2.75) is 25.0 Å². The number of carboxylic acids is 1. The zero-order chi connectivity index (χ0) is 22.6. The predicted molar refractivity (Wildman–Crippen MR) is 121 cm³/mol. The summed E-state index contributed by atoms with van der Waals surface area (Å²) in [5.41, 5.74) is 0.651. The van der Waals surface area contributed by atoms with Crippen molar-refractivity contribution >= 4 is 5.97 Å². The van der Waals surface area contributed by atoms with Gasteiger partial charge in [-0.3, -0.25) is 4.90 Å². The van der Waals surface area contributed by atoms with Gasteiger partial charge in [-0.15, -0.1) is 0 Å². The number of methoxy groups -OCH3 is 1. The molecule has 166 valence electrons. The van der Waals surface area contributed by atoms with Gasteiger partial charge in [0.2, 0.25) is 0 Å². The van der Waals surface area contributed by atoms with Gasteiger partial charge in [-0.1, -0.05) is 42.5 Å². The molecule has 2 N–H and O–H groups in total. The molecule has 0 saturated carbocycles. The zero-order valence-electron chi connectivity index (χ0n) is 18.0. The summed E-state index contributed by atoms with van der Waals surface area (Å²) in [6.07, 6.45) is 0.962. The standard InChI is InChI=1S/C26H27NO5/c1-31-23-11-4-5-12-24(23)32-20-8-6-7-19(17-20)18-27-15-13-26(30,14-16-27)22-10-3-2-9-21(22)25(28)29/h2-12,17,30H,13-16,18H2,1H3,(H,28,29). The van der Waals surface area contributed by atoms with Crippen molar-refractivity contribution in [3.63, 3.8) is 0 Å². The second-order valence-electron chi connectivity index (χ2n) is 8.06. The van der Waals surface area contributed by atoms with Crippen LogP contribution in [0.15, 0.2) is 72.8 Å². The van der Waals surface area contributed by atoms with E-state index in [0.29, 0.717) is 43.0 Å². The van der Waals surface area contributed by atoms with E-state index in [9.17, 15) is 15.0 Å². The van der Waals surface area contributed by atoms with Crippen LogP contribution in [-0.2, 0) is 12.1 Å². The third-order valence-electron chi connectivity index (χ3n) is 5.94. The minimum atomic E-state index is -1.12. The van der Waals surface area contributed by atoms with Crippen molar-refractivity contribution in [1.29, 1.82) is 0 Å². The predicted octanol–water partition coefficient (Wildman–Crippen LogP) is 4.67. The van der Waals surface area contributed by atoms with Crippen molar-refractivity contribution in [3.8, 4) is 17.2 Å². The molecule has 1 saturated heterocycles. The van der Waals surface area contributed by atoms with Crippen LogP contribution in [0.2, 0.25) is 0 Å². The maximum atomic E-state index is 11.6. The van der Waals surface area contributed by atoms with E-state index in [1.54, 1.807) is 31.4 Å². The summed E-state index contributed by atoms with van der Waals surface area (Å²) in [5.74, 6) is 1.06. The van der Waals surface area contributed by atoms with E-state index < -0.39 is 11.6 Å². The molecular formula is C26H27NO5. The monoisotopic (exact) mass is 433 g/mol. The highest BCUT2D eigenvalue weighted by Crippen LogP contribution is 2.36. The molecule has 3 aromatic rings. The summed E-state index contributed by atoms with van der Waals surface area (Å²) in [7, 11) is 1.62. The Morgan fingerprint density at radius 3 is 2.38 bits per heavy atom. The van der Waals surface area contributed by atoms with Gasteiger partial charge in [0, 0.05) is 19.6 Å². The minimum absolute atomic E-state index is 0.171. The van der Waals surface area contributed by atoms with Crippen molar-refractivity contribution < 1.29 is 24.5 Å². The highest BCUT2D eigenvalue weighted by molar-refractivity contribution is 5.89. The average molecular weight is 434 g/mol. The molecule has 32 heavy (non-hydrogen) atoms. The Kier molecular flexibility index (Phi) is 6.44. The molecular weight excluding hydrogens is 406 g/mol. The normalized spacial score (nSPS) is 15.8. The highest BCUT2D eigenvalue weighted by Gasteiger charge is 2.36. The first-order chi connectivity index (χ1) is 15.5. The van der Waals surface area contributed by atoms with E-state index in [1.165, 1.54) is 0 Å². The molecule has 0 aromatic heterocycles. The number of hydrogen-bond acceptors (Lipinski definition) is 5. The van der Waals surface area contributed by atoms with Gasteiger partial charge in [-0.05, 0) is 54.3 Å². The number of carboxylic acid groups (broad SMARTS) is 1. The van der Waals surface area contributed by atoms with Crippen molar-refractivity contribution in [3.05, 3.63) is 89.5 Å². The first-order valence-corrected chi connectivity index (χ1v) is 10.7. The van der Waals surface area contributed by atoms with E-state index >= 15 is 0 Å². The van der Waals surface area contributed by atoms with E-state index in [1.807, 2.05) is 42.5 Å². The van der Waals surface area contributed by atoms with Crippen LogP contribution < -0.4 is 9.47 Å². The van der Waals surface area contributed by atoms with Crippen molar-refractivity contribution in [2.24, 2.45) is 0 Å². The Morgan fingerprint density at radius 2 is 1.66 bits per heavy atom. The van der Waals surface area contributed by atoms with E-state index in [0.717, 1.165) is 17.9 Å². The van der Waals surface area contributed by atoms with Crippen molar-refractivity contribution in [2.75, 3.05) is 20.2 Å². The molecule has 1 aliphatic rings. The van der Waals surface area contributed by atoms with Crippen molar-refractivity contribution in [1.82, 2.24) is 4.90 Å². The molecule has 6 heteroatoms. The van der Waals surface area contributed by atoms with Crippen LogP contribution in [0.1, 0.15) is 34.3 Å². The smallest absolute Gasteiger partial charge is 0.336 e. The van der Waals surface area contributed by atoms with Crippen LogP contribution in [-0.4, -0.2) is 41.3 Å². The van der Waals surface area contributed by atoms with Crippen LogP contribution in [0.3, 0.4) is 0 Å². The molecule has 0 bridgehead atoms. The zero-order valence-corrected chi connectivity index (χ0v) is 18.0. The first kappa shape index (κ1) is 21.9. The molecule has 3 aromatic carbocycles. The molecule has 1 aliphatic heterocycles. The largest absolute Gasteiger partial charge is 0.493 e. The SMILES string of the molecule is COc1ccccc1Oc1cccc(CN2CCC(O)(c3ccccc3C(=O)O)CC2)c1. The molecule has 0 radical (unpaired) electrons. The number of aromatic carboxylic acids is 1. The number of likely N-dealkylation sites (tertiary alicyclic amines) is 1. The summed E-state index contributed by atoms with van der Waals surface area (Å²) in [6, 6.07) is 22.2. The molecule has 0 spiro atoms. The van der Waals surface area contributed by atoms with E-state index in [4.69, 9.17) is 9.47 Å². The topological polar surface area (TPSA) is 79.2 Å².